The van der Waals surface area contributed by atoms with Crippen molar-refractivity contribution in [2.24, 2.45) is 0 Å². The van der Waals surface area contributed by atoms with Gasteiger partial charge in [-0.1, -0.05) is 17.7 Å². The molecule has 5 rings (SSSR count). The van der Waals surface area contributed by atoms with Crippen molar-refractivity contribution in [3.63, 3.8) is 0 Å². The van der Waals surface area contributed by atoms with Crippen molar-refractivity contribution in [3.05, 3.63) is 40.0 Å². The summed E-state index contributed by atoms with van der Waals surface area (Å²) in [5.74, 6) is 0.844. The molecule has 43 heavy (non-hydrogen) atoms. The topological polar surface area (TPSA) is 98.1 Å². The van der Waals surface area contributed by atoms with Gasteiger partial charge in [0.15, 0.2) is 0 Å². The summed E-state index contributed by atoms with van der Waals surface area (Å²) in [6.07, 6.45) is 3.84. The largest absolute Gasteiger partial charge is 0.462 e. The Kier molecular flexibility index (Phi) is 9.52. The molecule has 232 valence electrons. The zero-order valence-electron chi connectivity index (χ0n) is 26.1. The second-order valence-electron chi connectivity index (χ2n) is 12.9. The number of likely N-dealkylation sites (N-methyl/N-ethyl adjacent to an activating group) is 1. The predicted octanol–water partition coefficient (Wildman–Crippen LogP) is 5.20. The molecule has 3 aliphatic rings. The van der Waals surface area contributed by atoms with Gasteiger partial charge >= 0.3 is 12.1 Å². The van der Waals surface area contributed by atoms with E-state index in [9.17, 15) is 10.1 Å². The van der Waals surface area contributed by atoms with Gasteiger partial charge in [-0.2, -0.15) is 15.2 Å². The number of nitrogens with zero attached hydrogens (tertiary/aromatic N) is 7. The average Bonchev–Trinajstić information content (AvgIpc) is 3.24. The van der Waals surface area contributed by atoms with Crippen LogP contribution in [0.15, 0.2) is 18.2 Å². The first-order valence-corrected chi connectivity index (χ1v) is 15.8. The molecule has 1 unspecified atom stereocenters. The van der Waals surface area contributed by atoms with E-state index in [0.29, 0.717) is 44.8 Å². The van der Waals surface area contributed by atoms with E-state index >= 15 is 0 Å². The van der Waals surface area contributed by atoms with Gasteiger partial charge in [0.2, 0.25) is 0 Å². The molecule has 10 nitrogen and oxygen atoms in total. The highest BCUT2D eigenvalue weighted by molar-refractivity contribution is 6.31. The van der Waals surface area contributed by atoms with Crippen LogP contribution in [0.5, 0.6) is 6.01 Å². The number of anilines is 2. The molecule has 2 atom stereocenters. The molecule has 11 heteroatoms. The van der Waals surface area contributed by atoms with Crippen LogP contribution in [-0.2, 0) is 17.7 Å². The Morgan fingerprint density at radius 1 is 1.12 bits per heavy atom. The quantitative estimate of drug-likeness (QED) is 0.437. The van der Waals surface area contributed by atoms with Gasteiger partial charge in [0.1, 0.15) is 18.0 Å². The third-order valence-electron chi connectivity index (χ3n) is 8.64. The van der Waals surface area contributed by atoms with E-state index in [2.05, 4.69) is 40.8 Å². The SMILES string of the molecule is Cc1c(Cl)cccc1N1CCCc2c(nc(OC[C@@H]3CCCN3C)nc2N2CCN(C(=O)OC(C)(C)C)C(CC#N)C2)C1. The van der Waals surface area contributed by atoms with Crippen LogP contribution in [0, 0.1) is 18.3 Å². The summed E-state index contributed by atoms with van der Waals surface area (Å²) in [6.45, 7) is 12.2. The maximum atomic E-state index is 13.0. The fraction of sp³-hybridized carbons (Fsp3) is 0.625. The Hall–Kier alpha value is -3.29. The molecule has 0 radical (unpaired) electrons. The van der Waals surface area contributed by atoms with E-state index < -0.39 is 5.60 Å². The number of carbonyl (C=O) groups is 1. The summed E-state index contributed by atoms with van der Waals surface area (Å²) < 4.78 is 12.0. The van der Waals surface area contributed by atoms with E-state index in [4.69, 9.17) is 31.0 Å². The van der Waals surface area contributed by atoms with Crippen LogP contribution in [0.3, 0.4) is 0 Å². The van der Waals surface area contributed by atoms with Gasteiger partial charge < -0.3 is 29.1 Å². The normalized spacial score (nSPS) is 21.3. The van der Waals surface area contributed by atoms with Crippen LogP contribution in [0.2, 0.25) is 5.02 Å². The van der Waals surface area contributed by atoms with E-state index in [0.717, 1.165) is 72.1 Å². The molecule has 4 heterocycles. The lowest BCUT2D eigenvalue weighted by Gasteiger charge is -2.42. The third kappa shape index (κ3) is 7.27. The summed E-state index contributed by atoms with van der Waals surface area (Å²) in [5.41, 5.74) is 3.61. The van der Waals surface area contributed by atoms with Crippen LogP contribution < -0.4 is 14.5 Å². The maximum absolute atomic E-state index is 13.0. The zero-order chi connectivity index (χ0) is 30.7. The fourth-order valence-corrected chi connectivity index (χ4v) is 6.48. The number of fused-ring (bicyclic) bond motifs is 1. The molecular weight excluding hydrogens is 566 g/mol. The number of hydrogen-bond donors (Lipinski definition) is 0. The first-order valence-electron chi connectivity index (χ1n) is 15.4. The van der Waals surface area contributed by atoms with Crippen LogP contribution in [-0.4, -0.2) is 89.9 Å². The van der Waals surface area contributed by atoms with Crippen molar-refractivity contribution in [1.82, 2.24) is 19.8 Å². The van der Waals surface area contributed by atoms with Gasteiger partial charge in [-0.25, -0.2) is 4.79 Å². The first kappa shape index (κ1) is 31.1. The molecule has 2 fully saturated rings. The minimum atomic E-state index is -0.609. The Morgan fingerprint density at radius 2 is 1.93 bits per heavy atom. The smallest absolute Gasteiger partial charge is 0.410 e. The first-order chi connectivity index (χ1) is 20.5. The molecular formula is C32H44ClN7O3. The number of carbonyl (C=O) groups excluding carboxylic acids is 1. The second-order valence-corrected chi connectivity index (χ2v) is 13.3. The standard InChI is InChI=1S/C32H44ClN7O3/c1-22-26(33)11-6-12-28(22)38-16-8-10-25-27(20-38)35-30(42-21-24-9-7-15-37(24)5)36-29(25)39-17-18-40(23(19-39)13-14-34)31(41)43-32(2,3)4/h6,11-12,23-24H,7-10,13,15-21H2,1-5H3/t23?,24-/m0/s1. The fourth-order valence-electron chi connectivity index (χ4n) is 6.31. The van der Waals surface area contributed by atoms with E-state index in [1.165, 1.54) is 0 Å². The van der Waals surface area contributed by atoms with E-state index in [1.54, 1.807) is 4.90 Å². The third-order valence-corrected chi connectivity index (χ3v) is 9.05. The van der Waals surface area contributed by atoms with Crippen molar-refractivity contribution >= 4 is 29.2 Å². The van der Waals surface area contributed by atoms with Crippen LogP contribution in [0.25, 0.3) is 0 Å². The molecule has 0 bridgehead atoms. The molecule has 0 aliphatic carbocycles. The van der Waals surface area contributed by atoms with E-state index in [1.807, 2.05) is 32.9 Å². The Morgan fingerprint density at radius 3 is 2.65 bits per heavy atom. The minimum absolute atomic E-state index is 0.211. The number of amides is 1. The number of aromatic nitrogens is 2. The summed E-state index contributed by atoms with van der Waals surface area (Å²) >= 11 is 6.51. The number of halogens is 1. The summed E-state index contributed by atoms with van der Waals surface area (Å²) in [5, 5.41) is 10.4. The van der Waals surface area contributed by atoms with Crippen LogP contribution in [0.4, 0.5) is 16.3 Å². The number of rotatable bonds is 6. The van der Waals surface area contributed by atoms with Crippen molar-refractivity contribution in [3.8, 4) is 12.1 Å². The highest BCUT2D eigenvalue weighted by Crippen LogP contribution is 2.34. The summed E-state index contributed by atoms with van der Waals surface area (Å²) in [6, 6.07) is 8.72. The summed E-state index contributed by atoms with van der Waals surface area (Å²) in [7, 11) is 2.13. The number of nitriles is 1. The lowest BCUT2D eigenvalue weighted by Crippen LogP contribution is -2.56. The van der Waals surface area contributed by atoms with Gasteiger partial charge in [-0.15, -0.1) is 0 Å². The molecule has 3 aliphatic heterocycles. The monoisotopic (exact) mass is 609 g/mol. The van der Waals surface area contributed by atoms with Gasteiger partial charge in [0.25, 0.3) is 0 Å². The molecule has 0 N–H and O–H groups in total. The molecule has 1 aromatic carbocycles. The molecule has 2 aromatic rings. The molecule has 1 amide bonds. The van der Waals surface area contributed by atoms with E-state index in [-0.39, 0.29) is 18.6 Å². The van der Waals surface area contributed by atoms with Gasteiger partial charge in [0.05, 0.1) is 30.8 Å². The zero-order valence-corrected chi connectivity index (χ0v) is 26.9. The Balaban J connectivity index is 1.46. The molecule has 0 saturated carbocycles. The number of likely N-dealkylation sites (tertiary alicyclic amines) is 1. The number of benzene rings is 1. The van der Waals surface area contributed by atoms with Crippen molar-refractivity contribution in [1.29, 1.82) is 5.26 Å². The Bertz CT molecular complexity index is 1360. The minimum Gasteiger partial charge on any atom is -0.462 e. The highest BCUT2D eigenvalue weighted by atomic mass is 35.5. The highest BCUT2D eigenvalue weighted by Gasteiger charge is 2.36. The maximum Gasteiger partial charge on any atom is 0.410 e. The lowest BCUT2D eigenvalue weighted by atomic mass is 10.1. The molecule has 2 saturated heterocycles. The van der Waals surface area contributed by atoms with Crippen molar-refractivity contribution in [2.75, 3.05) is 56.2 Å². The van der Waals surface area contributed by atoms with Gasteiger partial charge in [-0.3, -0.25) is 0 Å². The number of hydrogen-bond acceptors (Lipinski definition) is 9. The Labute approximate surface area is 260 Å². The predicted molar refractivity (Wildman–Crippen MR) is 168 cm³/mol. The average molecular weight is 610 g/mol. The number of ether oxygens (including phenoxy) is 2. The second kappa shape index (κ2) is 13.1. The lowest BCUT2D eigenvalue weighted by molar-refractivity contribution is 0.0144. The molecule has 0 spiro atoms. The molecule has 1 aromatic heterocycles. The van der Waals surface area contributed by atoms with Gasteiger partial charge in [-0.05, 0) is 84.7 Å². The van der Waals surface area contributed by atoms with Crippen LogP contribution >= 0.6 is 11.6 Å². The van der Waals surface area contributed by atoms with Crippen molar-refractivity contribution < 1.29 is 14.3 Å². The van der Waals surface area contributed by atoms with Crippen molar-refractivity contribution in [2.45, 2.75) is 84.0 Å². The summed E-state index contributed by atoms with van der Waals surface area (Å²) in [4.78, 5) is 31.6. The number of piperazine rings is 1. The van der Waals surface area contributed by atoms with Gasteiger partial charge in [0, 0.05) is 48.5 Å². The van der Waals surface area contributed by atoms with Crippen LogP contribution in [0.1, 0.15) is 63.3 Å².